The van der Waals surface area contributed by atoms with Crippen molar-refractivity contribution in [1.82, 2.24) is 0 Å². The van der Waals surface area contributed by atoms with Crippen molar-refractivity contribution < 1.29 is 18.6 Å². The van der Waals surface area contributed by atoms with Gasteiger partial charge in [-0.25, -0.2) is 0 Å². The van der Waals surface area contributed by atoms with E-state index in [1.54, 1.807) is 0 Å². The molecule has 0 radical (unpaired) electrons. The topological polar surface area (TPSA) is 134 Å². The Morgan fingerprint density at radius 1 is 1.15 bits per heavy atom. The van der Waals surface area contributed by atoms with Crippen molar-refractivity contribution in [3.63, 3.8) is 0 Å². The molecule has 0 aromatic rings. The zero-order valence-electron chi connectivity index (χ0n) is 16.4. The lowest BCUT2D eigenvalue weighted by Crippen LogP contribution is -2.66. The smallest absolute Gasteiger partial charge is 0.192 e. The van der Waals surface area contributed by atoms with E-state index in [2.05, 4.69) is 53.9 Å². The minimum absolute atomic E-state index is 0.0591. The average molecular weight is 385 g/mol. The monoisotopic (exact) mass is 384 g/mol. The van der Waals surface area contributed by atoms with Crippen molar-refractivity contribution in [2.75, 3.05) is 6.61 Å². The van der Waals surface area contributed by atoms with E-state index in [9.17, 15) is 0 Å². The highest BCUT2D eigenvalue weighted by Gasteiger charge is 2.54. The summed E-state index contributed by atoms with van der Waals surface area (Å²) >= 11 is 0. The summed E-state index contributed by atoms with van der Waals surface area (Å²) in [5.41, 5.74) is 17.9. The van der Waals surface area contributed by atoms with E-state index in [0.29, 0.717) is 0 Å². The molecule has 2 fully saturated rings. The first-order valence-electron chi connectivity index (χ1n) is 8.65. The molecule has 0 amide bonds. The maximum absolute atomic E-state index is 9.04. The van der Waals surface area contributed by atoms with Gasteiger partial charge in [0.1, 0.15) is 18.4 Å². The zero-order valence-corrected chi connectivity index (χ0v) is 17.4. The summed E-state index contributed by atoms with van der Waals surface area (Å²) in [6.07, 6.45) is -2.53. The van der Waals surface area contributed by atoms with Crippen LogP contribution in [0.2, 0.25) is 18.1 Å². The predicted molar refractivity (Wildman–Crippen MR) is 97.7 cm³/mol. The molecule has 0 N–H and O–H groups in total. The van der Waals surface area contributed by atoms with Crippen molar-refractivity contribution in [3.05, 3.63) is 20.9 Å². The zero-order chi connectivity index (χ0) is 19.8. The number of hydrogen-bond acceptors (Lipinski definition) is 6. The van der Waals surface area contributed by atoms with Crippen LogP contribution in [0.25, 0.3) is 20.9 Å². The molecule has 2 rings (SSSR count). The number of rotatable bonds is 4. The number of fused-ring (bicyclic) bond motifs is 1. The fraction of sp³-hybridized carbons (Fsp3) is 1.00. The summed E-state index contributed by atoms with van der Waals surface area (Å²) in [5, 5.41) is 7.45. The first kappa shape index (κ1) is 21.0. The molecule has 0 bridgehead atoms. The molecule has 11 heteroatoms. The summed E-state index contributed by atoms with van der Waals surface area (Å²) in [6, 6.07) is -0.819. The Bertz CT molecular complexity index is 624. The SMILES string of the molecule is CC1(C)OCC2OC(N=[N+]=[N-])C(N=[N+]=[N-])C(O[Si](C)(C)C(C)(C)C)C2O1. The van der Waals surface area contributed by atoms with Crippen LogP contribution in [0, 0.1) is 0 Å². The lowest BCUT2D eigenvalue weighted by molar-refractivity contribution is -0.344. The van der Waals surface area contributed by atoms with E-state index in [1.807, 2.05) is 13.8 Å². The Balaban J connectivity index is 2.45. The molecule has 0 aromatic carbocycles. The molecule has 0 aromatic heterocycles. The molecule has 2 heterocycles. The van der Waals surface area contributed by atoms with Crippen LogP contribution < -0.4 is 0 Å². The maximum atomic E-state index is 9.04. The van der Waals surface area contributed by atoms with Gasteiger partial charge >= 0.3 is 0 Å². The van der Waals surface area contributed by atoms with E-state index < -0.39 is 44.7 Å². The summed E-state index contributed by atoms with van der Waals surface area (Å²) in [6.45, 7) is 14.5. The molecule has 5 unspecified atom stereocenters. The first-order valence-corrected chi connectivity index (χ1v) is 11.6. The first-order chi connectivity index (χ1) is 11.9. The molecule has 26 heavy (non-hydrogen) atoms. The molecule has 0 aliphatic carbocycles. The van der Waals surface area contributed by atoms with E-state index >= 15 is 0 Å². The molecular weight excluding hydrogens is 356 g/mol. The molecule has 2 aliphatic heterocycles. The standard InChI is InChI=1S/C15H28N6O4Si/c1-14(2,3)26(6,7)25-12-10(18-20-16)13(19-21-17)23-9-8-22-15(4,5)24-11(9)12/h9-13H,8H2,1-7H3. The average Bonchev–Trinajstić information content (AvgIpc) is 2.49. The fourth-order valence-electron chi connectivity index (χ4n) is 2.81. The normalized spacial score (nSPS) is 34.2. The third-order valence-electron chi connectivity index (χ3n) is 5.24. The Morgan fingerprint density at radius 2 is 1.77 bits per heavy atom. The molecule has 2 saturated heterocycles. The predicted octanol–water partition coefficient (Wildman–Crippen LogP) is 4.24. The summed E-state index contributed by atoms with van der Waals surface area (Å²) in [5.74, 6) is -0.814. The summed E-state index contributed by atoms with van der Waals surface area (Å²) in [7, 11) is -2.23. The van der Waals surface area contributed by atoms with Crippen molar-refractivity contribution in [2.24, 2.45) is 10.2 Å². The highest BCUT2D eigenvalue weighted by Crippen LogP contribution is 2.42. The number of ether oxygens (including phenoxy) is 3. The Labute approximate surface area is 154 Å². The summed E-state index contributed by atoms with van der Waals surface area (Å²) < 4.78 is 24.2. The fourth-order valence-corrected chi connectivity index (χ4v) is 4.12. The van der Waals surface area contributed by atoms with Crippen LogP contribution >= 0.6 is 0 Å². The van der Waals surface area contributed by atoms with Crippen LogP contribution in [0.5, 0.6) is 0 Å². The maximum Gasteiger partial charge on any atom is 0.192 e. The quantitative estimate of drug-likeness (QED) is 0.310. The molecule has 146 valence electrons. The highest BCUT2D eigenvalue weighted by molar-refractivity contribution is 6.74. The van der Waals surface area contributed by atoms with Gasteiger partial charge in [-0.2, -0.15) is 0 Å². The van der Waals surface area contributed by atoms with Crippen LogP contribution in [0.3, 0.4) is 0 Å². The van der Waals surface area contributed by atoms with Gasteiger partial charge < -0.3 is 18.6 Å². The second-order valence-electron chi connectivity index (χ2n) is 8.60. The summed E-state index contributed by atoms with van der Waals surface area (Å²) in [4.78, 5) is 5.75. The third-order valence-corrected chi connectivity index (χ3v) is 9.71. The van der Waals surface area contributed by atoms with Crippen molar-refractivity contribution in [1.29, 1.82) is 0 Å². The second-order valence-corrected chi connectivity index (χ2v) is 13.4. The van der Waals surface area contributed by atoms with Crippen LogP contribution in [0.4, 0.5) is 0 Å². The van der Waals surface area contributed by atoms with Gasteiger partial charge in [0.2, 0.25) is 0 Å². The van der Waals surface area contributed by atoms with Crippen LogP contribution in [-0.2, 0) is 18.6 Å². The number of hydrogen-bond donors (Lipinski definition) is 0. The Morgan fingerprint density at radius 3 is 2.31 bits per heavy atom. The number of azide groups is 2. The van der Waals surface area contributed by atoms with Gasteiger partial charge in [0, 0.05) is 9.82 Å². The molecule has 10 nitrogen and oxygen atoms in total. The van der Waals surface area contributed by atoms with E-state index in [0.717, 1.165) is 0 Å². The molecule has 2 aliphatic rings. The van der Waals surface area contributed by atoms with Gasteiger partial charge in [-0.1, -0.05) is 31.0 Å². The lowest BCUT2D eigenvalue weighted by atomic mass is 9.95. The van der Waals surface area contributed by atoms with Gasteiger partial charge in [0.15, 0.2) is 14.1 Å². The molecular formula is C15H28N6O4Si. The van der Waals surface area contributed by atoms with Crippen molar-refractivity contribution in [3.8, 4) is 0 Å². The molecule has 0 spiro atoms. The second kappa shape index (κ2) is 7.36. The van der Waals surface area contributed by atoms with Crippen molar-refractivity contribution >= 4 is 8.32 Å². The minimum atomic E-state index is -2.23. The van der Waals surface area contributed by atoms with Crippen LogP contribution in [-0.4, -0.2) is 51.3 Å². The van der Waals surface area contributed by atoms with Gasteiger partial charge in [-0.05, 0) is 43.0 Å². The van der Waals surface area contributed by atoms with E-state index in [1.165, 1.54) is 0 Å². The largest absolute Gasteiger partial charge is 0.411 e. The minimum Gasteiger partial charge on any atom is -0.411 e. The Kier molecular flexibility index (Phi) is 5.94. The van der Waals surface area contributed by atoms with E-state index in [4.69, 9.17) is 29.7 Å². The third kappa shape index (κ3) is 4.32. The van der Waals surface area contributed by atoms with Gasteiger partial charge in [-0.15, -0.1) is 0 Å². The van der Waals surface area contributed by atoms with Crippen LogP contribution in [0.15, 0.2) is 10.2 Å². The Hall–Kier alpha value is -1.32. The van der Waals surface area contributed by atoms with Gasteiger partial charge in [0.25, 0.3) is 0 Å². The number of nitrogens with zero attached hydrogens (tertiary/aromatic N) is 6. The molecule has 5 atom stereocenters. The van der Waals surface area contributed by atoms with Crippen molar-refractivity contribution in [2.45, 2.75) is 89.1 Å². The van der Waals surface area contributed by atoms with Gasteiger partial charge in [0.05, 0.1) is 18.8 Å². The van der Waals surface area contributed by atoms with Gasteiger partial charge in [-0.3, -0.25) is 0 Å². The highest BCUT2D eigenvalue weighted by atomic mass is 28.4. The van der Waals surface area contributed by atoms with Crippen LogP contribution in [0.1, 0.15) is 34.6 Å². The lowest BCUT2D eigenvalue weighted by Gasteiger charge is -2.52. The molecule has 0 saturated carbocycles. The van der Waals surface area contributed by atoms with E-state index in [-0.39, 0.29) is 11.6 Å².